The summed E-state index contributed by atoms with van der Waals surface area (Å²) >= 11 is 0. The number of nitrogens with one attached hydrogen (secondary N) is 1. The molecule has 0 radical (unpaired) electrons. The maximum atomic E-state index is 10.7. The van der Waals surface area contributed by atoms with E-state index >= 15 is 0 Å². The van der Waals surface area contributed by atoms with Gasteiger partial charge in [-0.15, -0.1) is 0 Å². The fourth-order valence-corrected chi connectivity index (χ4v) is 1.85. The van der Waals surface area contributed by atoms with Crippen molar-refractivity contribution in [3.8, 4) is 0 Å². The maximum Gasteiger partial charge on any atom is 0.308 e. The van der Waals surface area contributed by atoms with Crippen LogP contribution in [0.3, 0.4) is 0 Å². The standard InChI is InChI=1S/C9H17NO3/c1-6(9(11)12)8(13-2)7-4-3-5-10-7/h6-8,10H,3-5H2,1-2H3,(H,11,12)/t6-,7+,8+/m0/s1. The molecule has 0 aromatic rings. The lowest BCUT2D eigenvalue weighted by atomic mass is 9.97. The van der Waals surface area contributed by atoms with Gasteiger partial charge in [0.1, 0.15) is 0 Å². The van der Waals surface area contributed by atoms with Crippen molar-refractivity contribution in [2.75, 3.05) is 13.7 Å². The van der Waals surface area contributed by atoms with Gasteiger partial charge in [0.2, 0.25) is 0 Å². The Bertz CT molecular complexity index is 178. The molecule has 3 atom stereocenters. The van der Waals surface area contributed by atoms with Crippen LogP contribution in [0.15, 0.2) is 0 Å². The highest BCUT2D eigenvalue weighted by atomic mass is 16.5. The lowest BCUT2D eigenvalue weighted by Crippen LogP contribution is -2.43. The molecule has 0 aromatic carbocycles. The SMILES string of the molecule is CO[C@H]([C@H](C)C(=O)O)[C@H]1CCCN1. The Morgan fingerprint density at radius 2 is 2.38 bits per heavy atom. The summed E-state index contributed by atoms with van der Waals surface area (Å²) in [6.07, 6.45) is 1.91. The van der Waals surface area contributed by atoms with E-state index in [0.29, 0.717) is 0 Å². The minimum atomic E-state index is -0.791. The fourth-order valence-electron chi connectivity index (χ4n) is 1.85. The third-order valence-corrected chi connectivity index (χ3v) is 2.65. The first-order valence-electron chi connectivity index (χ1n) is 4.65. The van der Waals surface area contributed by atoms with E-state index in [-0.39, 0.29) is 12.1 Å². The van der Waals surface area contributed by atoms with Crippen LogP contribution in [0, 0.1) is 5.92 Å². The molecule has 0 saturated carbocycles. The normalized spacial score (nSPS) is 27.1. The van der Waals surface area contributed by atoms with Crippen molar-refractivity contribution in [3.63, 3.8) is 0 Å². The van der Waals surface area contributed by atoms with Crippen molar-refractivity contribution in [2.24, 2.45) is 5.92 Å². The Morgan fingerprint density at radius 3 is 2.77 bits per heavy atom. The number of carboxylic acids is 1. The van der Waals surface area contributed by atoms with Crippen molar-refractivity contribution in [1.82, 2.24) is 5.32 Å². The first-order chi connectivity index (χ1) is 6.16. The molecule has 1 aliphatic heterocycles. The number of carboxylic acid groups (broad SMARTS) is 1. The van der Waals surface area contributed by atoms with E-state index in [1.165, 1.54) is 0 Å². The molecule has 13 heavy (non-hydrogen) atoms. The second-order valence-electron chi connectivity index (χ2n) is 3.53. The zero-order valence-corrected chi connectivity index (χ0v) is 8.12. The average Bonchev–Trinajstić information content (AvgIpc) is 2.58. The van der Waals surface area contributed by atoms with E-state index in [4.69, 9.17) is 9.84 Å². The minimum absolute atomic E-state index is 0.205. The molecule has 76 valence electrons. The molecule has 4 nitrogen and oxygen atoms in total. The predicted molar refractivity (Wildman–Crippen MR) is 48.6 cm³/mol. The molecule has 1 rings (SSSR count). The van der Waals surface area contributed by atoms with Crippen LogP contribution < -0.4 is 5.32 Å². The maximum absolute atomic E-state index is 10.7. The van der Waals surface area contributed by atoms with Crippen molar-refractivity contribution in [2.45, 2.75) is 31.9 Å². The number of carbonyl (C=O) groups is 1. The Hall–Kier alpha value is -0.610. The molecular weight excluding hydrogens is 170 g/mol. The molecule has 1 aliphatic rings. The predicted octanol–water partition coefficient (Wildman–Crippen LogP) is 0.474. The lowest BCUT2D eigenvalue weighted by molar-refractivity contribution is -0.146. The highest BCUT2D eigenvalue weighted by Crippen LogP contribution is 2.18. The summed E-state index contributed by atoms with van der Waals surface area (Å²) in [4.78, 5) is 10.7. The van der Waals surface area contributed by atoms with Gasteiger partial charge in [-0.2, -0.15) is 0 Å². The van der Waals surface area contributed by atoms with Crippen molar-refractivity contribution >= 4 is 5.97 Å². The molecule has 0 bridgehead atoms. The average molecular weight is 187 g/mol. The van der Waals surface area contributed by atoms with Gasteiger partial charge in [-0.1, -0.05) is 0 Å². The summed E-state index contributed by atoms with van der Waals surface area (Å²) in [6, 6.07) is 0.205. The van der Waals surface area contributed by atoms with Crippen molar-refractivity contribution in [3.05, 3.63) is 0 Å². The monoisotopic (exact) mass is 187 g/mol. The summed E-state index contributed by atoms with van der Waals surface area (Å²) in [5.41, 5.74) is 0. The Balaban J connectivity index is 2.54. The van der Waals surface area contributed by atoms with Gasteiger partial charge < -0.3 is 15.2 Å². The molecule has 0 amide bonds. The van der Waals surface area contributed by atoms with Crippen molar-refractivity contribution in [1.29, 1.82) is 0 Å². The van der Waals surface area contributed by atoms with Gasteiger partial charge in [0.05, 0.1) is 12.0 Å². The first-order valence-corrected chi connectivity index (χ1v) is 4.65. The molecule has 1 fully saturated rings. The molecule has 1 saturated heterocycles. The number of hydrogen-bond acceptors (Lipinski definition) is 3. The second-order valence-corrected chi connectivity index (χ2v) is 3.53. The van der Waals surface area contributed by atoms with E-state index < -0.39 is 11.9 Å². The zero-order valence-electron chi connectivity index (χ0n) is 8.12. The van der Waals surface area contributed by atoms with Crippen LogP contribution in [0.5, 0.6) is 0 Å². The van der Waals surface area contributed by atoms with Gasteiger partial charge in [-0.3, -0.25) is 4.79 Å². The van der Waals surface area contributed by atoms with Gasteiger partial charge in [-0.25, -0.2) is 0 Å². The van der Waals surface area contributed by atoms with Crippen LogP contribution in [0.4, 0.5) is 0 Å². The Morgan fingerprint density at radius 1 is 1.69 bits per heavy atom. The quantitative estimate of drug-likeness (QED) is 0.672. The molecule has 4 heteroatoms. The molecular formula is C9H17NO3. The minimum Gasteiger partial charge on any atom is -0.481 e. The van der Waals surface area contributed by atoms with Crippen LogP contribution in [0.2, 0.25) is 0 Å². The number of ether oxygens (including phenoxy) is 1. The van der Waals surface area contributed by atoms with Crippen LogP contribution in [-0.4, -0.2) is 36.9 Å². The van der Waals surface area contributed by atoms with Crippen LogP contribution >= 0.6 is 0 Å². The van der Waals surface area contributed by atoms with E-state index in [1.54, 1.807) is 14.0 Å². The lowest BCUT2D eigenvalue weighted by Gasteiger charge is -2.25. The number of methoxy groups -OCH3 is 1. The number of aliphatic carboxylic acids is 1. The summed E-state index contributed by atoms with van der Waals surface area (Å²) < 4.78 is 5.21. The third-order valence-electron chi connectivity index (χ3n) is 2.65. The topological polar surface area (TPSA) is 58.6 Å². The fraction of sp³-hybridized carbons (Fsp3) is 0.889. The highest BCUT2D eigenvalue weighted by Gasteiger charge is 2.32. The van der Waals surface area contributed by atoms with E-state index in [2.05, 4.69) is 5.32 Å². The van der Waals surface area contributed by atoms with Gasteiger partial charge >= 0.3 is 5.97 Å². The van der Waals surface area contributed by atoms with Crippen LogP contribution in [-0.2, 0) is 9.53 Å². The Labute approximate surface area is 78.3 Å². The van der Waals surface area contributed by atoms with E-state index in [0.717, 1.165) is 19.4 Å². The van der Waals surface area contributed by atoms with Crippen LogP contribution in [0.1, 0.15) is 19.8 Å². The van der Waals surface area contributed by atoms with Gasteiger partial charge in [0.25, 0.3) is 0 Å². The van der Waals surface area contributed by atoms with Gasteiger partial charge in [0, 0.05) is 13.2 Å². The third kappa shape index (κ3) is 2.42. The van der Waals surface area contributed by atoms with Gasteiger partial charge in [0.15, 0.2) is 0 Å². The summed E-state index contributed by atoms with van der Waals surface area (Å²) in [5.74, 6) is -1.24. The highest BCUT2D eigenvalue weighted by molar-refractivity contribution is 5.70. The molecule has 0 aromatic heterocycles. The van der Waals surface area contributed by atoms with Crippen molar-refractivity contribution < 1.29 is 14.6 Å². The second kappa shape index (κ2) is 4.58. The first kappa shape index (κ1) is 10.5. The summed E-state index contributed by atoms with van der Waals surface area (Å²) in [5, 5.41) is 12.1. The summed E-state index contributed by atoms with van der Waals surface area (Å²) in [6.45, 7) is 2.66. The molecule has 0 aliphatic carbocycles. The largest absolute Gasteiger partial charge is 0.481 e. The zero-order chi connectivity index (χ0) is 9.84. The molecule has 1 heterocycles. The van der Waals surface area contributed by atoms with Crippen LogP contribution in [0.25, 0.3) is 0 Å². The van der Waals surface area contributed by atoms with E-state index in [1.807, 2.05) is 0 Å². The molecule has 0 spiro atoms. The van der Waals surface area contributed by atoms with Gasteiger partial charge in [-0.05, 0) is 26.3 Å². The number of hydrogen-bond donors (Lipinski definition) is 2. The van der Waals surface area contributed by atoms with E-state index in [9.17, 15) is 4.79 Å². The smallest absolute Gasteiger partial charge is 0.308 e. The summed E-state index contributed by atoms with van der Waals surface area (Å²) in [7, 11) is 1.57. The molecule has 2 N–H and O–H groups in total. The molecule has 0 unspecified atom stereocenters. The Kier molecular flexibility index (Phi) is 3.69. The number of rotatable bonds is 4.